The summed E-state index contributed by atoms with van der Waals surface area (Å²) in [6.45, 7) is 6.28. The van der Waals surface area contributed by atoms with Crippen molar-refractivity contribution in [2.45, 2.75) is 26.7 Å². The topological polar surface area (TPSA) is 64.4 Å². The van der Waals surface area contributed by atoms with Crippen LogP contribution in [0.1, 0.15) is 36.7 Å². The number of hydrogen-bond donors (Lipinski definition) is 1. The molecule has 0 saturated carbocycles. The van der Waals surface area contributed by atoms with Gasteiger partial charge in [-0.1, -0.05) is 18.2 Å². The first-order chi connectivity index (χ1) is 12.6. The predicted molar refractivity (Wildman–Crippen MR) is 102 cm³/mol. The highest BCUT2D eigenvalue weighted by Gasteiger charge is 2.27. The van der Waals surface area contributed by atoms with Gasteiger partial charge in [-0.05, 0) is 32.9 Å². The van der Waals surface area contributed by atoms with E-state index in [0.717, 1.165) is 22.5 Å². The largest absolute Gasteiger partial charge is 0.478 e. The van der Waals surface area contributed by atoms with E-state index < -0.39 is 0 Å². The van der Waals surface area contributed by atoms with Gasteiger partial charge in [-0.15, -0.1) is 0 Å². The molecule has 1 aliphatic rings. The molecule has 0 radical (unpaired) electrons. The summed E-state index contributed by atoms with van der Waals surface area (Å²) in [7, 11) is 0. The summed E-state index contributed by atoms with van der Waals surface area (Å²) in [6.07, 6.45) is 3.85. The van der Waals surface area contributed by atoms with E-state index in [1.54, 1.807) is 19.2 Å². The second kappa shape index (κ2) is 6.33. The van der Waals surface area contributed by atoms with Gasteiger partial charge in [-0.25, -0.2) is 4.98 Å². The van der Waals surface area contributed by atoms with Crippen molar-refractivity contribution in [1.82, 2.24) is 4.98 Å². The molecular formula is C21H20N2O3. The minimum atomic E-state index is -0.116. The number of nitrogens with zero attached hydrogens (tertiary/aromatic N) is 1. The molecule has 1 N–H and O–H groups in total. The van der Waals surface area contributed by atoms with Crippen molar-refractivity contribution in [3.63, 3.8) is 0 Å². The van der Waals surface area contributed by atoms with E-state index in [1.165, 1.54) is 6.07 Å². The third-order valence-electron chi connectivity index (χ3n) is 4.54. The first-order valence-corrected chi connectivity index (χ1v) is 8.69. The number of aryl methyl sites for hydroxylation is 1. The zero-order valence-corrected chi connectivity index (χ0v) is 15.0. The molecule has 1 aromatic carbocycles. The molecule has 5 nitrogen and oxygen atoms in total. The number of ether oxygens (including phenoxy) is 1. The van der Waals surface area contributed by atoms with Crippen LogP contribution in [0.25, 0.3) is 11.0 Å². The van der Waals surface area contributed by atoms with Crippen molar-refractivity contribution in [3.8, 4) is 5.88 Å². The van der Waals surface area contributed by atoms with Crippen LogP contribution >= 0.6 is 0 Å². The fourth-order valence-corrected chi connectivity index (χ4v) is 3.51. The third kappa shape index (κ3) is 2.65. The fourth-order valence-electron chi connectivity index (χ4n) is 3.51. The van der Waals surface area contributed by atoms with Crippen LogP contribution in [0.5, 0.6) is 5.88 Å². The Morgan fingerprint density at radius 2 is 2.12 bits per heavy atom. The van der Waals surface area contributed by atoms with Crippen molar-refractivity contribution in [2.75, 3.05) is 11.9 Å². The van der Waals surface area contributed by atoms with Crippen molar-refractivity contribution in [2.24, 2.45) is 0 Å². The quantitative estimate of drug-likeness (QED) is 0.762. The lowest BCUT2D eigenvalue weighted by atomic mass is 9.86. The molecule has 0 amide bonds. The summed E-state index contributed by atoms with van der Waals surface area (Å²) in [5.74, 6) is 1.08. The van der Waals surface area contributed by atoms with E-state index in [0.29, 0.717) is 29.2 Å². The molecule has 0 bridgehead atoms. The Balaban J connectivity index is 2.01. The van der Waals surface area contributed by atoms with Crippen molar-refractivity contribution in [1.29, 1.82) is 0 Å². The normalized spacial score (nSPS) is 16.0. The standard InChI is InChI=1S/C21H20N2O3/c1-4-25-21-19-16(10-12(2)23-17(19)8-9-22-21)14-6-5-7-15-18(24)11-13(3)26-20(14)15/h5-11,16,23H,4H2,1-3H3. The Labute approximate surface area is 151 Å². The lowest BCUT2D eigenvalue weighted by Gasteiger charge is -2.26. The maximum absolute atomic E-state index is 12.4. The molecule has 1 unspecified atom stereocenters. The Morgan fingerprint density at radius 1 is 1.27 bits per heavy atom. The maximum Gasteiger partial charge on any atom is 0.219 e. The molecule has 1 atom stereocenters. The van der Waals surface area contributed by atoms with E-state index in [1.807, 2.05) is 32.0 Å². The summed E-state index contributed by atoms with van der Waals surface area (Å²) >= 11 is 0. The number of aromatic nitrogens is 1. The number of para-hydroxylation sites is 1. The Morgan fingerprint density at radius 3 is 2.92 bits per heavy atom. The molecule has 4 rings (SSSR count). The summed E-state index contributed by atoms with van der Waals surface area (Å²) in [5.41, 5.74) is 4.46. The number of nitrogens with one attached hydrogen (secondary N) is 1. The van der Waals surface area contributed by atoms with Gasteiger partial charge in [0.1, 0.15) is 11.3 Å². The van der Waals surface area contributed by atoms with Crippen LogP contribution in [-0.2, 0) is 0 Å². The highest BCUT2D eigenvalue weighted by atomic mass is 16.5. The van der Waals surface area contributed by atoms with Gasteiger partial charge in [0.2, 0.25) is 5.88 Å². The number of fused-ring (bicyclic) bond motifs is 2. The molecule has 26 heavy (non-hydrogen) atoms. The van der Waals surface area contributed by atoms with E-state index in [4.69, 9.17) is 9.15 Å². The molecule has 3 heterocycles. The average Bonchev–Trinajstić information content (AvgIpc) is 2.61. The van der Waals surface area contributed by atoms with E-state index in [2.05, 4.69) is 16.4 Å². The fraction of sp³-hybridized carbons (Fsp3) is 0.238. The minimum Gasteiger partial charge on any atom is -0.478 e. The number of allylic oxidation sites excluding steroid dienone is 2. The van der Waals surface area contributed by atoms with Crippen LogP contribution in [0, 0.1) is 6.92 Å². The molecule has 0 spiro atoms. The second-order valence-corrected chi connectivity index (χ2v) is 6.41. The minimum absolute atomic E-state index is 0.0309. The van der Waals surface area contributed by atoms with Gasteiger partial charge in [0.05, 0.1) is 12.0 Å². The van der Waals surface area contributed by atoms with Gasteiger partial charge in [-0.3, -0.25) is 4.79 Å². The molecule has 5 heteroatoms. The van der Waals surface area contributed by atoms with Gasteiger partial charge in [0, 0.05) is 40.7 Å². The first-order valence-electron chi connectivity index (χ1n) is 8.69. The average molecular weight is 348 g/mol. The molecular weight excluding hydrogens is 328 g/mol. The highest BCUT2D eigenvalue weighted by Crippen LogP contribution is 2.42. The van der Waals surface area contributed by atoms with Gasteiger partial charge < -0.3 is 14.5 Å². The molecule has 1 aliphatic heterocycles. The third-order valence-corrected chi connectivity index (χ3v) is 4.54. The van der Waals surface area contributed by atoms with Gasteiger partial charge in [0.15, 0.2) is 5.43 Å². The smallest absolute Gasteiger partial charge is 0.219 e. The predicted octanol–water partition coefficient (Wildman–Crippen LogP) is 4.36. The van der Waals surface area contributed by atoms with Crippen LogP contribution in [0.3, 0.4) is 0 Å². The van der Waals surface area contributed by atoms with Crippen LogP contribution in [0.2, 0.25) is 0 Å². The molecule has 0 saturated heterocycles. The molecule has 0 fully saturated rings. The molecule has 132 valence electrons. The van der Waals surface area contributed by atoms with Crippen molar-refractivity contribution in [3.05, 3.63) is 75.4 Å². The molecule has 2 aromatic heterocycles. The molecule has 0 aliphatic carbocycles. The highest BCUT2D eigenvalue weighted by molar-refractivity contribution is 5.82. The van der Waals surface area contributed by atoms with Crippen LogP contribution in [-0.4, -0.2) is 11.6 Å². The Kier molecular flexibility index (Phi) is 3.99. The number of rotatable bonds is 3. The lowest BCUT2D eigenvalue weighted by molar-refractivity contribution is 0.323. The molecule has 3 aromatic rings. The Bertz CT molecular complexity index is 1080. The zero-order valence-electron chi connectivity index (χ0n) is 15.0. The lowest BCUT2D eigenvalue weighted by Crippen LogP contribution is -2.15. The summed E-state index contributed by atoms with van der Waals surface area (Å²) in [4.78, 5) is 16.8. The SMILES string of the molecule is CCOc1nccc2c1C(c1cccc3c(=O)cc(C)oc13)C=C(C)N2. The van der Waals surface area contributed by atoms with Gasteiger partial charge >= 0.3 is 0 Å². The maximum atomic E-state index is 12.4. The van der Waals surface area contributed by atoms with E-state index in [9.17, 15) is 4.79 Å². The van der Waals surface area contributed by atoms with Gasteiger partial charge in [0.25, 0.3) is 0 Å². The summed E-state index contributed by atoms with van der Waals surface area (Å²) in [6, 6.07) is 9.16. The van der Waals surface area contributed by atoms with Gasteiger partial charge in [-0.2, -0.15) is 0 Å². The first kappa shape index (κ1) is 16.4. The summed E-state index contributed by atoms with van der Waals surface area (Å²) in [5, 5.41) is 3.96. The van der Waals surface area contributed by atoms with Crippen LogP contribution in [0.4, 0.5) is 5.69 Å². The van der Waals surface area contributed by atoms with E-state index >= 15 is 0 Å². The number of anilines is 1. The monoisotopic (exact) mass is 348 g/mol. The van der Waals surface area contributed by atoms with Crippen LogP contribution in [0.15, 0.2) is 57.5 Å². The van der Waals surface area contributed by atoms with Crippen molar-refractivity contribution < 1.29 is 9.15 Å². The summed E-state index contributed by atoms with van der Waals surface area (Å²) < 4.78 is 11.7. The number of hydrogen-bond acceptors (Lipinski definition) is 5. The second-order valence-electron chi connectivity index (χ2n) is 6.41. The number of pyridine rings is 1. The number of benzene rings is 1. The van der Waals surface area contributed by atoms with Crippen LogP contribution < -0.4 is 15.5 Å². The zero-order chi connectivity index (χ0) is 18.3. The van der Waals surface area contributed by atoms with Crippen molar-refractivity contribution >= 4 is 16.7 Å². The van der Waals surface area contributed by atoms with E-state index in [-0.39, 0.29) is 11.3 Å². The Hall–Kier alpha value is -3.08.